The van der Waals surface area contributed by atoms with Gasteiger partial charge in [-0.3, -0.25) is 4.79 Å². The van der Waals surface area contributed by atoms with Crippen LogP contribution in [0.25, 0.3) is 0 Å². The first-order valence-electron chi connectivity index (χ1n) is 5.82. The Labute approximate surface area is 97.6 Å². The monoisotopic (exact) mass is 220 g/mol. The Morgan fingerprint density at radius 1 is 1.12 bits per heavy atom. The van der Waals surface area contributed by atoms with Crippen molar-refractivity contribution in [3.05, 3.63) is 35.4 Å². The summed E-state index contributed by atoms with van der Waals surface area (Å²) >= 11 is 0. The van der Waals surface area contributed by atoms with Gasteiger partial charge in [0.05, 0.1) is 12.5 Å². The average molecular weight is 220 g/mol. The maximum Gasteiger partial charge on any atom is 0.313 e. The third-order valence-electron chi connectivity index (χ3n) is 2.74. The minimum absolute atomic E-state index is 0.153. The SMILES string of the molecule is CCOC(=O)C(C)c1ccc(C(C)C)cc1. The largest absolute Gasteiger partial charge is 0.466 e. The highest BCUT2D eigenvalue weighted by atomic mass is 16.5. The van der Waals surface area contributed by atoms with E-state index in [1.165, 1.54) is 5.56 Å². The van der Waals surface area contributed by atoms with Gasteiger partial charge >= 0.3 is 5.97 Å². The van der Waals surface area contributed by atoms with Crippen LogP contribution in [-0.4, -0.2) is 12.6 Å². The van der Waals surface area contributed by atoms with Crippen molar-refractivity contribution in [2.75, 3.05) is 6.61 Å². The normalized spacial score (nSPS) is 12.6. The second-order valence-electron chi connectivity index (χ2n) is 4.30. The zero-order chi connectivity index (χ0) is 12.1. The molecule has 0 aliphatic rings. The molecule has 0 heterocycles. The predicted octanol–water partition coefficient (Wildman–Crippen LogP) is 3.48. The van der Waals surface area contributed by atoms with Gasteiger partial charge in [0.1, 0.15) is 0 Å². The quantitative estimate of drug-likeness (QED) is 0.726. The maximum absolute atomic E-state index is 11.5. The summed E-state index contributed by atoms with van der Waals surface area (Å²) in [5.41, 5.74) is 2.31. The Hall–Kier alpha value is -1.31. The summed E-state index contributed by atoms with van der Waals surface area (Å²) in [6.07, 6.45) is 0. The molecule has 0 fully saturated rings. The summed E-state index contributed by atoms with van der Waals surface area (Å²) in [6, 6.07) is 8.18. The van der Waals surface area contributed by atoms with Gasteiger partial charge in [-0.2, -0.15) is 0 Å². The number of benzene rings is 1. The fraction of sp³-hybridized carbons (Fsp3) is 0.500. The van der Waals surface area contributed by atoms with Gasteiger partial charge in [0.2, 0.25) is 0 Å². The first-order valence-corrected chi connectivity index (χ1v) is 5.82. The molecule has 1 rings (SSSR count). The molecule has 0 N–H and O–H groups in total. The Bertz CT molecular complexity index is 338. The third-order valence-corrected chi connectivity index (χ3v) is 2.74. The molecule has 0 radical (unpaired) electrons. The fourth-order valence-corrected chi connectivity index (χ4v) is 1.57. The Balaban J connectivity index is 2.77. The first-order chi connectivity index (χ1) is 7.56. The van der Waals surface area contributed by atoms with Crippen molar-refractivity contribution >= 4 is 5.97 Å². The Morgan fingerprint density at radius 3 is 2.06 bits per heavy atom. The molecule has 0 aromatic heterocycles. The van der Waals surface area contributed by atoms with E-state index in [0.717, 1.165) is 5.56 Å². The van der Waals surface area contributed by atoms with Crippen LogP contribution in [0.3, 0.4) is 0 Å². The van der Waals surface area contributed by atoms with Gasteiger partial charge in [0.25, 0.3) is 0 Å². The van der Waals surface area contributed by atoms with Crippen molar-refractivity contribution in [2.45, 2.75) is 39.5 Å². The fourth-order valence-electron chi connectivity index (χ4n) is 1.57. The number of esters is 1. The lowest BCUT2D eigenvalue weighted by Gasteiger charge is -2.12. The minimum atomic E-state index is -0.179. The molecule has 1 aromatic carbocycles. The second kappa shape index (κ2) is 5.69. The topological polar surface area (TPSA) is 26.3 Å². The van der Waals surface area contributed by atoms with Crippen LogP contribution in [0, 0.1) is 0 Å². The average Bonchev–Trinajstić information content (AvgIpc) is 2.28. The van der Waals surface area contributed by atoms with E-state index in [0.29, 0.717) is 12.5 Å². The summed E-state index contributed by atoms with van der Waals surface area (Å²) in [5.74, 6) is 0.188. The highest BCUT2D eigenvalue weighted by Crippen LogP contribution is 2.20. The third kappa shape index (κ3) is 3.09. The summed E-state index contributed by atoms with van der Waals surface area (Å²) in [4.78, 5) is 11.5. The molecule has 0 aliphatic heterocycles. The molecule has 1 atom stereocenters. The van der Waals surface area contributed by atoms with E-state index in [-0.39, 0.29) is 11.9 Å². The van der Waals surface area contributed by atoms with Crippen LogP contribution in [0.5, 0.6) is 0 Å². The van der Waals surface area contributed by atoms with Crippen LogP contribution >= 0.6 is 0 Å². The highest BCUT2D eigenvalue weighted by molar-refractivity contribution is 5.77. The number of hydrogen-bond acceptors (Lipinski definition) is 2. The first kappa shape index (κ1) is 12.8. The van der Waals surface area contributed by atoms with E-state index in [9.17, 15) is 4.79 Å². The van der Waals surface area contributed by atoms with Crippen molar-refractivity contribution in [1.29, 1.82) is 0 Å². The summed E-state index contributed by atoms with van der Waals surface area (Å²) in [7, 11) is 0. The molecule has 0 saturated carbocycles. The molecule has 0 amide bonds. The van der Waals surface area contributed by atoms with Crippen LogP contribution in [0.2, 0.25) is 0 Å². The van der Waals surface area contributed by atoms with Crippen molar-refractivity contribution < 1.29 is 9.53 Å². The van der Waals surface area contributed by atoms with Crippen molar-refractivity contribution in [1.82, 2.24) is 0 Å². The van der Waals surface area contributed by atoms with Crippen LogP contribution in [0.15, 0.2) is 24.3 Å². The molecule has 16 heavy (non-hydrogen) atoms. The Morgan fingerprint density at radius 2 is 1.62 bits per heavy atom. The van der Waals surface area contributed by atoms with Crippen molar-refractivity contribution in [3.8, 4) is 0 Å². The molecule has 1 aromatic rings. The lowest BCUT2D eigenvalue weighted by Crippen LogP contribution is -2.12. The standard InChI is InChI=1S/C14H20O2/c1-5-16-14(15)11(4)13-8-6-12(7-9-13)10(2)3/h6-11H,5H2,1-4H3. The molecule has 0 saturated heterocycles. The second-order valence-corrected chi connectivity index (χ2v) is 4.30. The van der Waals surface area contributed by atoms with Gasteiger partial charge in [0.15, 0.2) is 0 Å². The molecule has 88 valence electrons. The zero-order valence-corrected chi connectivity index (χ0v) is 10.5. The van der Waals surface area contributed by atoms with E-state index in [2.05, 4.69) is 26.0 Å². The van der Waals surface area contributed by atoms with Crippen LogP contribution in [0.1, 0.15) is 50.7 Å². The van der Waals surface area contributed by atoms with Gasteiger partial charge in [-0.1, -0.05) is 38.1 Å². The van der Waals surface area contributed by atoms with Gasteiger partial charge in [0, 0.05) is 0 Å². The Kier molecular flexibility index (Phi) is 4.53. The smallest absolute Gasteiger partial charge is 0.313 e. The number of hydrogen-bond donors (Lipinski definition) is 0. The van der Waals surface area contributed by atoms with Gasteiger partial charge < -0.3 is 4.74 Å². The molecule has 0 bridgehead atoms. The van der Waals surface area contributed by atoms with E-state index in [1.807, 2.05) is 26.0 Å². The molecule has 2 heteroatoms. The van der Waals surface area contributed by atoms with Crippen molar-refractivity contribution in [3.63, 3.8) is 0 Å². The summed E-state index contributed by atoms with van der Waals surface area (Å²) in [5, 5.41) is 0. The van der Waals surface area contributed by atoms with Gasteiger partial charge in [-0.15, -0.1) is 0 Å². The van der Waals surface area contributed by atoms with E-state index >= 15 is 0 Å². The molecular formula is C14H20O2. The molecular weight excluding hydrogens is 200 g/mol. The van der Waals surface area contributed by atoms with Crippen LogP contribution < -0.4 is 0 Å². The molecule has 0 aliphatic carbocycles. The molecule has 0 spiro atoms. The van der Waals surface area contributed by atoms with Crippen LogP contribution in [-0.2, 0) is 9.53 Å². The van der Waals surface area contributed by atoms with Gasteiger partial charge in [-0.25, -0.2) is 0 Å². The molecule has 1 unspecified atom stereocenters. The van der Waals surface area contributed by atoms with E-state index in [1.54, 1.807) is 0 Å². The van der Waals surface area contributed by atoms with Crippen LogP contribution in [0.4, 0.5) is 0 Å². The minimum Gasteiger partial charge on any atom is -0.466 e. The maximum atomic E-state index is 11.5. The lowest BCUT2D eigenvalue weighted by atomic mass is 9.96. The summed E-state index contributed by atoms with van der Waals surface area (Å²) < 4.78 is 5.00. The zero-order valence-electron chi connectivity index (χ0n) is 10.5. The summed E-state index contributed by atoms with van der Waals surface area (Å²) in [6.45, 7) is 8.45. The molecule has 2 nitrogen and oxygen atoms in total. The van der Waals surface area contributed by atoms with E-state index in [4.69, 9.17) is 4.74 Å². The number of carbonyl (C=O) groups is 1. The highest BCUT2D eigenvalue weighted by Gasteiger charge is 2.15. The number of ether oxygens (including phenoxy) is 1. The predicted molar refractivity (Wildman–Crippen MR) is 65.6 cm³/mol. The number of carbonyl (C=O) groups excluding carboxylic acids is 1. The van der Waals surface area contributed by atoms with E-state index < -0.39 is 0 Å². The lowest BCUT2D eigenvalue weighted by molar-refractivity contribution is -0.144. The van der Waals surface area contributed by atoms with Gasteiger partial charge in [-0.05, 0) is 30.9 Å². The van der Waals surface area contributed by atoms with Crippen molar-refractivity contribution in [2.24, 2.45) is 0 Å². The number of rotatable bonds is 4.